The van der Waals surface area contributed by atoms with Crippen molar-refractivity contribution in [1.29, 1.82) is 0 Å². The molecular formula is C17H20O4S. The maximum atomic E-state index is 12.1. The predicted molar refractivity (Wildman–Crippen MR) is 86.5 cm³/mol. The standard InChI is InChI=1S/C17H20O4S/c1-14-4-2-7-17(10-14)21-8-9-22(19,20)13-16-6-3-5-15(11-16)12-18/h2-7,10-11,18H,8-9,12-13H2,1H3. The molecule has 0 aliphatic rings. The van der Waals surface area contributed by atoms with Crippen molar-refractivity contribution in [1.82, 2.24) is 0 Å². The largest absolute Gasteiger partial charge is 0.493 e. The molecular weight excluding hydrogens is 300 g/mol. The zero-order chi connectivity index (χ0) is 16.0. The Labute approximate surface area is 131 Å². The van der Waals surface area contributed by atoms with E-state index in [0.29, 0.717) is 16.9 Å². The number of ether oxygens (including phenoxy) is 1. The highest BCUT2D eigenvalue weighted by Gasteiger charge is 2.12. The monoisotopic (exact) mass is 320 g/mol. The Balaban J connectivity index is 1.90. The summed E-state index contributed by atoms with van der Waals surface area (Å²) < 4.78 is 29.7. The lowest BCUT2D eigenvalue weighted by Crippen LogP contribution is -2.16. The second-order valence-electron chi connectivity index (χ2n) is 5.24. The zero-order valence-corrected chi connectivity index (χ0v) is 13.3. The third kappa shape index (κ3) is 5.16. The molecule has 22 heavy (non-hydrogen) atoms. The van der Waals surface area contributed by atoms with Gasteiger partial charge in [-0.15, -0.1) is 0 Å². The molecule has 0 bridgehead atoms. The number of aryl methyl sites for hydroxylation is 1. The minimum absolute atomic E-state index is 0.0374. The van der Waals surface area contributed by atoms with E-state index in [1.807, 2.05) is 31.2 Å². The van der Waals surface area contributed by atoms with E-state index >= 15 is 0 Å². The Morgan fingerprint density at radius 1 is 1.05 bits per heavy atom. The van der Waals surface area contributed by atoms with E-state index in [1.165, 1.54) is 0 Å². The molecule has 0 aliphatic carbocycles. The van der Waals surface area contributed by atoms with Gasteiger partial charge in [-0.1, -0.05) is 36.4 Å². The Morgan fingerprint density at radius 3 is 2.50 bits per heavy atom. The van der Waals surface area contributed by atoms with Gasteiger partial charge in [0.15, 0.2) is 9.84 Å². The molecule has 0 heterocycles. The molecule has 2 aromatic rings. The SMILES string of the molecule is Cc1cccc(OCCS(=O)(=O)Cc2cccc(CO)c2)c1. The topological polar surface area (TPSA) is 63.6 Å². The third-order valence-electron chi connectivity index (χ3n) is 3.21. The summed E-state index contributed by atoms with van der Waals surface area (Å²) in [6.45, 7) is 1.99. The van der Waals surface area contributed by atoms with Crippen LogP contribution in [0.25, 0.3) is 0 Å². The maximum Gasteiger partial charge on any atom is 0.157 e. The molecule has 2 aromatic carbocycles. The average molecular weight is 320 g/mol. The number of hydrogen-bond acceptors (Lipinski definition) is 4. The number of aliphatic hydroxyl groups excluding tert-OH is 1. The van der Waals surface area contributed by atoms with Crippen molar-refractivity contribution < 1.29 is 18.3 Å². The van der Waals surface area contributed by atoms with E-state index in [2.05, 4.69) is 0 Å². The molecule has 0 atom stereocenters. The fourth-order valence-corrected chi connectivity index (χ4v) is 3.30. The summed E-state index contributed by atoms with van der Waals surface area (Å²) >= 11 is 0. The van der Waals surface area contributed by atoms with Crippen LogP contribution < -0.4 is 4.74 Å². The molecule has 0 aromatic heterocycles. The molecule has 0 saturated heterocycles. The Morgan fingerprint density at radius 2 is 1.77 bits per heavy atom. The smallest absolute Gasteiger partial charge is 0.157 e. The van der Waals surface area contributed by atoms with E-state index < -0.39 is 9.84 Å². The first-order valence-corrected chi connectivity index (χ1v) is 8.89. The molecule has 2 rings (SSSR count). The highest BCUT2D eigenvalue weighted by Crippen LogP contribution is 2.13. The van der Waals surface area contributed by atoms with Crippen molar-refractivity contribution in [2.45, 2.75) is 19.3 Å². The van der Waals surface area contributed by atoms with E-state index in [1.54, 1.807) is 24.3 Å². The lowest BCUT2D eigenvalue weighted by molar-refractivity contribution is 0.281. The minimum Gasteiger partial charge on any atom is -0.493 e. The summed E-state index contributed by atoms with van der Waals surface area (Å²) in [6, 6.07) is 14.5. The molecule has 0 spiro atoms. The van der Waals surface area contributed by atoms with Crippen LogP contribution >= 0.6 is 0 Å². The fourth-order valence-electron chi connectivity index (χ4n) is 2.14. The summed E-state index contributed by atoms with van der Waals surface area (Å²) in [5.41, 5.74) is 2.46. The van der Waals surface area contributed by atoms with Crippen LogP contribution in [0.4, 0.5) is 0 Å². The van der Waals surface area contributed by atoms with E-state index in [4.69, 9.17) is 9.84 Å². The third-order valence-corrected chi connectivity index (χ3v) is 4.77. The van der Waals surface area contributed by atoms with Crippen LogP contribution in [0.3, 0.4) is 0 Å². The van der Waals surface area contributed by atoms with Crippen LogP contribution in [0, 0.1) is 6.92 Å². The first kappa shape index (κ1) is 16.5. The Hall–Kier alpha value is -1.85. The molecule has 0 aliphatic heterocycles. The summed E-state index contributed by atoms with van der Waals surface area (Å²) in [6.07, 6.45) is 0. The van der Waals surface area contributed by atoms with E-state index in [0.717, 1.165) is 5.56 Å². The van der Waals surface area contributed by atoms with Gasteiger partial charge in [0.05, 0.1) is 18.1 Å². The second-order valence-corrected chi connectivity index (χ2v) is 7.42. The molecule has 1 N–H and O–H groups in total. The summed E-state index contributed by atoms with van der Waals surface area (Å²) in [4.78, 5) is 0. The molecule has 0 amide bonds. The van der Waals surface area contributed by atoms with Gasteiger partial charge in [0.25, 0.3) is 0 Å². The van der Waals surface area contributed by atoms with Crippen LogP contribution in [0.2, 0.25) is 0 Å². The summed E-state index contributed by atoms with van der Waals surface area (Å²) in [5, 5.41) is 9.08. The van der Waals surface area contributed by atoms with Gasteiger partial charge < -0.3 is 9.84 Å². The predicted octanol–water partition coefficient (Wildman–Crippen LogP) is 2.48. The van der Waals surface area contributed by atoms with Crippen molar-refractivity contribution in [2.75, 3.05) is 12.4 Å². The van der Waals surface area contributed by atoms with Gasteiger partial charge in [-0.2, -0.15) is 0 Å². The first-order valence-electron chi connectivity index (χ1n) is 7.07. The minimum atomic E-state index is -3.25. The number of aliphatic hydroxyl groups is 1. The normalized spacial score (nSPS) is 11.4. The van der Waals surface area contributed by atoms with Crippen LogP contribution in [0.15, 0.2) is 48.5 Å². The Bertz CT molecular complexity index is 723. The lowest BCUT2D eigenvalue weighted by atomic mass is 10.1. The van der Waals surface area contributed by atoms with Crippen molar-refractivity contribution in [3.8, 4) is 5.75 Å². The van der Waals surface area contributed by atoms with Crippen LogP contribution in [0.5, 0.6) is 5.75 Å². The highest BCUT2D eigenvalue weighted by atomic mass is 32.2. The second kappa shape index (κ2) is 7.42. The number of rotatable bonds is 7. The molecule has 0 unspecified atom stereocenters. The molecule has 0 fully saturated rings. The average Bonchev–Trinajstić information content (AvgIpc) is 2.47. The van der Waals surface area contributed by atoms with E-state index in [9.17, 15) is 8.42 Å². The lowest BCUT2D eigenvalue weighted by Gasteiger charge is -2.08. The van der Waals surface area contributed by atoms with Crippen LogP contribution in [-0.2, 0) is 22.2 Å². The Kier molecular flexibility index (Phi) is 5.57. The fraction of sp³-hybridized carbons (Fsp3) is 0.294. The molecule has 0 radical (unpaired) electrons. The van der Waals surface area contributed by atoms with Crippen molar-refractivity contribution in [2.24, 2.45) is 0 Å². The molecule has 4 nitrogen and oxygen atoms in total. The summed E-state index contributed by atoms with van der Waals surface area (Å²) in [7, 11) is -3.25. The van der Waals surface area contributed by atoms with Crippen LogP contribution in [-0.4, -0.2) is 25.9 Å². The van der Waals surface area contributed by atoms with Crippen molar-refractivity contribution in [3.63, 3.8) is 0 Å². The van der Waals surface area contributed by atoms with Gasteiger partial charge in [-0.3, -0.25) is 0 Å². The zero-order valence-electron chi connectivity index (χ0n) is 12.5. The molecule has 0 saturated carbocycles. The van der Waals surface area contributed by atoms with Gasteiger partial charge in [-0.05, 0) is 35.7 Å². The molecule has 5 heteroatoms. The first-order chi connectivity index (χ1) is 10.5. The molecule has 118 valence electrons. The van der Waals surface area contributed by atoms with Gasteiger partial charge in [0, 0.05) is 0 Å². The van der Waals surface area contributed by atoms with Crippen molar-refractivity contribution in [3.05, 3.63) is 65.2 Å². The number of sulfone groups is 1. The van der Waals surface area contributed by atoms with Crippen LogP contribution in [0.1, 0.15) is 16.7 Å². The van der Waals surface area contributed by atoms with Crippen molar-refractivity contribution >= 4 is 9.84 Å². The van der Waals surface area contributed by atoms with Gasteiger partial charge in [0.2, 0.25) is 0 Å². The maximum absolute atomic E-state index is 12.1. The quantitative estimate of drug-likeness (QED) is 0.851. The van der Waals surface area contributed by atoms with E-state index in [-0.39, 0.29) is 24.7 Å². The number of benzene rings is 2. The highest BCUT2D eigenvalue weighted by molar-refractivity contribution is 7.90. The summed E-state index contributed by atoms with van der Waals surface area (Å²) in [5.74, 6) is 0.597. The van der Waals surface area contributed by atoms with Gasteiger partial charge in [0.1, 0.15) is 12.4 Å². The number of hydrogen-bond donors (Lipinski definition) is 1. The van der Waals surface area contributed by atoms with Gasteiger partial charge >= 0.3 is 0 Å². The van der Waals surface area contributed by atoms with Gasteiger partial charge in [-0.25, -0.2) is 8.42 Å².